The molecule has 1 unspecified atom stereocenters. The molecule has 0 radical (unpaired) electrons. The van der Waals surface area contributed by atoms with E-state index in [1.54, 1.807) is 25.1 Å². The van der Waals surface area contributed by atoms with Crippen LogP contribution < -0.4 is 10.5 Å². The molecule has 0 saturated heterocycles. The number of aliphatic hydroxyl groups is 1. The normalized spacial score (nSPS) is 12.5. The van der Waals surface area contributed by atoms with E-state index in [1.165, 1.54) is 0 Å². The van der Waals surface area contributed by atoms with Crippen molar-refractivity contribution in [1.29, 1.82) is 0 Å². The van der Waals surface area contributed by atoms with Crippen molar-refractivity contribution in [3.63, 3.8) is 0 Å². The number of ether oxygens (including phenoxy) is 1. The predicted octanol–water partition coefficient (Wildman–Crippen LogP) is 1.22. The Bertz CT molecular complexity index is 317. The standard InChI is InChI=1S/C11H16FNO2/c1-8-3-2-4-10(11(8)12)15-6-5-9(13)7-14/h2-4,9,14H,5-7,13H2,1H3. The maximum absolute atomic E-state index is 13.4. The molecule has 0 aliphatic carbocycles. The third-order valence-corrected chi connectivity index (χ3v) is 2.14. The molecule has 3 nitrogen and oxygen atoms in total. The highest BCUT2D eigenvalue weighted by atomic mass is 19.1. The lowest BCUT2D eigenvalue weighted by Gasteiger charge is -2.10. The van der Waals surface area contributed by atoms with Gasteiger partial charge in [-0.25, -0.2) is 4.39 Å². The molecule has 0 spiro atoms. The molecular formula is C11H16FNO2. The van der Waals surface area contributed by atoms with E-state index in [2.05, 4.69) is 0 Å². The zero-order valence-electron chi connectivity index (χ0n) is 8.74. The lowest BCUT2D eigenvalue weighted by atomic mass is 10.2. The number of benzene rings is 1. The summed E-state index contributed by atoms with van der Waals surface area (Å²) < 4.78 is 18.6. The first-order valence-electron chi connectivity index (χ1n) is 4.89. The van der Waals surface area contributed by atoms with Crippen molar-refractivity contribution >= 4 is 0 Å². The second kappa shape index (κ2) is 5.68. The molecule has 0 aromatic heterocycles. The number of halogens is 1. The summed E-state index contributed by atoms with van der Waals surface area (Å²) in [5.74, 6) is -0.102. The monoisotopic (exact) mass is 213 g/mol. The number of rotatable bonds is 5. The molecule has 4 heteroatoms. The molecule has 0 heterocycles. The summed E-state index contributed by atoms with van der Waals surface area (Å²) in [6.45, 7) is 1.91. The molecule has 1 aromatic carbocycles. The van der Waals surface area contributed by atoms with E-state index in [1.807, 2.05) is 0 Å². The first-order chi connectivity index (χ1) is 7.15. The molecule has 1 atom stereocenters. The SMILES string of the molecule is Cc1cccc(OCCC(N)CO)c1F. The van der Waals surface area contributed by atoms with Crippen LogP contribution in [0.3, 0.4) is 0 Å². The summed E-state index contributed by atoms with van der Waals surface area (Å²) in [4.78, 5) is 0. The highest BCUT2D eigenvalue weighted by Crippen LogP contribution is 2.19. The largest absolute Gasteiger partial charge is 0.490 e. The zero-order valence-corrected chi connectivity index (χ0v) is 8.74. The summed E-state index contributed by atoms with van der Waals surface area (Å²) in [5.41, 5.74) is 6.04. The Balaban J connectivity index is 2.47. The van der Waals surface area contributed by atoms with E-state index in [9.17, 15) is 4.39 Å². The van der Waals surface area contributed by atoms with Gasteiger partial charge in [-0.2, -0.15) is 0 Å². The molecule has 15 heavy (non-hydrogen) atoms. The molecular weight excluding hydrogens is 197 g/mol. The minimum Gasteiger partial charge on any atom is -0.490 e. The fraction of sp³-hybridized carbons (Fsp3) is 0.455. The van der Waals surface area contributed by atoms with Gasteiger partial charge < -0.3 is 15.6 Å². The molecule has 0 fully saturated rings. The predicted molar refractivity (Wildman–Crippen MR) is 56.3 cm³/mol. The van der Waals surface area contributed by atoms with Crippen molar-refractivity contribution in [3.05, 3.63) is 29.6 Å². The average molecular weight is 213 g/mol. The van der Waals surface area contributed by atoms with Crippen molar-refractivity contribution in [2.75, 3.05) is 13.2 Å². The first-order valence-corrected chi connectivity index (χ1v) is 4.89. The molecule has 0 bridgehead atoms. The van der Waals surface area contributed by atoms with Crippen LogP contribution in [0.1, 0.15) is 12.0 Å². The molecule has 1 aromatic rings. The van der Waals surface area contributed by atoms with Gasteiger partial charge in [-0.3, -0.25) is 0 Å². The number of aliphatic hydroxyl groups excluding tert-OH is 1. The quantitative estimate of drug-likeness (QED) is 0.773. The number of nitrogens with two attached hydrogens (primary N) is 1. The Hall–Kier alpha value is -1.13. The smallest absolute Gasteiger partial charge is 0.167 e. The molecule has 3 N–H and O–H groups in total. The maximum Gasteiger partial charge on any atom is 0.167 e. The third kappa shape index (κ3) is 3.49. The second-order valence-electron chi connectivity index (χ2n) is 3.47. The van der Waals surface area contributed by atoms with E-state index in [-0.39, 0.29) is 24.2 Å². The molecule has 0 saturated carbocycles. The van der Waals surface area contributed by atoms with Crippen LogP contribution in [0.2, 0.25) is 0 Å². The number of aryl methyl sites for hydroxylation is 1. The number of hydrogen-bond acceptors (Lipinski definition) is 3. The van der Waals surface area contributed by atoms with Gasteiger partial charge in [0, 0.05) is 6.04 Å². The molecule has 0 aliphatic heterocycles. The Morgan fingerprint density at radius 1 is 1.53 bits per heavy atom. The minimum atomic E-state index is -0.338. The fourth-order valence-electron chi connectivity index (χ4n) is 1.14. The Morgan fingerprint density at radius 2 is 2.27 bits per heavy atom. The lowest BCUT2D eigenvalue weighted by molar-refractivity contribution is 0.227. The summed E-state index contributed by atoms with van der Waals surface area (Å²) in [7, 11) is 0. The van der Waals surface area contributed by atoms with Crippen molar-refractivity contribution in [2.45, 2.75) is 19.4 Å². The van der Waals surface area contributed by atoms with E-state index in [0.29, 0.717) is 18.6 Å². The summed E-state index contributed by atoms with van der Waals surface area (Å²) in [6.07, 6.45) is 0.504. The van der Waals surface area contributed by atoms with E-state index in [0.717, 1.165) is 0 Å². The van der Waals surface area contributed by atoms with Gasteiger partial charge in [-0.05, 0) is 25.0 Å². The molecule has 1 rings (SSSR count). The fourth-order valence-corrected chi connectivity index (χ4v) is 1.14. The molecule has 0 amide bonds. The van der Waals surface area contributed by atoms with E-state index < -0.39 is 0 Å². The molecule has 84 valence electrons. The topological polar surface area (TPSA) is 55.5 Å². The van der Waals surface area contributed by atoms with E-state index >= 15 is 0 Å². The van der Waals surface area contributed by atoms with Crippen LogP contribution in [0, 0.1) is 12.7 Å². The Labute approximate surface area is 88.7 Å². The van der Waals surface area contributed by atoms with Crippen LogP contribution in [0.4, 0.5) is 4.39 Å². The van der Waals surface area contributed by atoms with Crippen molar-refractivity contribution in [2.24, 2.45) is 5.73 Å². The third-order valence-electron chi connectivity index (χ3n) is 2.14. The van der Waals surface area contributed by atoms with Crippen LogP contribution in [-0.2, 0) is 0 Å². The average Bonchev–Trinajstić information content (AvgIpc) is 2.24. The zero-order chi connectivity index (χ0) is 11.3. The van der Waals surface area contributed by atoms with Crippen LogP contribution in [0.15, 0.2) is 18.2 Å². The Kier molecular flexibility index (Phi) is 4.52. The van der Waals surface area contributed by atoms with E-state index in [4.69, 9.17) is 15.6 Å². The maximum atomic E-state index is 13.4. The van der Waals surface area contributed by atoms with Crippen LogP contribution in [0.25, 0.3) is 0 Å². The highest BCUT2D eigenvalue weighted by molar-refractivity contribution is 5.29. The first kappa shape index (κ1) is 11.9. The van der Waals surface area contributed by atoms with Crippen molar-refractivity contribution in [3.8, 4) is 5.75 Å². The summed E-state index contributed by atoms with van der Waals surface area (Å²) in [5, 5.41) is 8.68. The van der Waals surface area contributed by atoms with Crippen LogP contribution in [0.5, 0.6) is 5.75 Å². The van der Waals surface area contributed by atoms with Gasteiger partial charge in [0.15, 0.2) is 11.6 Å². The van der Waals surface area contributed by atoms with Gasteiger partial charge in [0.1, 0.15) is 0 Å². The van der Waals surface area contributed by atoms with Gasteiger partial charge in [-0.1, -0.05) is 12.1 Å². The summed E-state index contributed by atoms with van der Waals surface area (Å²) in [6, 6.07) is 4.69. The van der Waals surface area contributed by atoms with Crippen molar-refractivity contribution < 1.29 is 14.2 Å². The van der Waals surface area contributed by atoms with Gasteiger partial charge in [0.25, 0.3) is 0 Å². The lowest BCUT2D eigenvalue weighted by Crippen LogP contribution is -2.26. The second-order valence-corrected chi connectivity index (χ2v) is 3.47. The van der Waals surface area contributed by atoms with Crippen molar-refractivity contribution in [1.82, 2.24) is 0 Å². The number of hydrogen-bond donors (Lipinski definition) is 2. The summed E-state index contributed by atoms with van der Waals surface area (Å²) >= 11 is 0. The van der Waals surface area contributed by atoms with Gasteiger partial charge in [0.05, 0.1) is 13.2 Å². The highest BCUT2D eigenvalue weighted by Gasteiger charge is 2.06. The Morgan fingerprint density at radius 3 is 2.93 bits per heavy atom. The van der Waals surface area contributed by atoms with Crippen LogP contribution in [-0.4, -0.2) is 24.4 Å². The van der Waals surface area contributed by atoms with Gasteiger partial charge in [0.2, 0.25) is 0 Å². The van der Waals surface area contributed by atoms with Crippen LogP contribution >= 0.6 is 0 Å². The molecule has 0 aliphatic rings. The minimum absolute atomic E-state index is 0.0837. The van der Waals surface area contributed by atoms with Gasteiger partial charge in [-0.15, -0.1) is 0 Å². The van der Waals surface area contributed by atoms with Gasteiger partial charge >= 0.3 is 0 Å².